The molecule has 0 bridgehead atoms. The van der Waals surface area contributed by atoms with E-state index in [1.807, 2.05) is 55.5 Å². The molecule has 0 heterocycles. The molecule has 0 spiro atoms. The molecule has 0 aliphatic heterocycles. The van der Waals surface area contributed by atoms with Crippen LogP contribution >= 0.6 is 0 Å². The van der Waals surface area contributed by atoms with Gasteiger partial charge in [-0.3, -0.25) is 0 Å². The van der Waals surface area contributed by atoms with Crippen molar-refractivity contribution in [3.05, 3.63) is 84.6 Å². The summed E-state index contributed by atoms with van der Waals surface area (Å²) in [6.45, 7) is 11.6. The van der Waals surface area contributed by atoms with Crippen LogP contribution in [-0.4, -0.2) is 12.6 Å². The van der Waals surface area contributed by atoms with Crippen LogP contribution in [0.1, 0.15) is 25.5 Å². The Morgan fingerprint density at radius 3 is 2.59 bits per heavy atom. The van der Waals surface area contributed by atoms with Crippen LogP contribution in [0.2, 0.25) is 0 Å². The lowest BCUT2D eigenvalue weighted by atomic mass is 9.99. The molecule has 0 saturated heterocycles. The van der Waals surface area contributed by atoms with Crippen LogP contribution < -0.4 is 5.32 Å². The van der Waals surface area contributed by atoms with Crippen molar-refractivity contribution in [1.82, 2.24) is 5.32 Å². The van der Waals surface area contributed by atoms with E-state index in [1.165, 1.54) is 0 Å². The minimum atomic E-state index is -0.401. The number of rotatable bonds is 8. The summed E-state index contributed by atoms with van der Waals surface area (Å²) in [5.41, 5.74) is 2.16. The maximum absolute atomic E-state index is 12.0. The smallest absolute Gasteiger partial charge is 0.335 e. The van der Waals surface area contributed by atoms with Gasteiger partial charge >= 0.3 is 5.97 Å². The molecule has 1 aromatic carbocycles. The molecular weight excluding hydrogens is 274 g/mol. The Kier molecular flexibility index (Phi) is 7.48. The van der Waals surface area contributed by atoms with Gasteiger partial charge in [0.1, 0.15) is 0 Å². The van der Waals surface area contributed by atoms with Gasteiger partial charge in [-0.25, -0.2) is 4.79 Å². The van der Waals surface area contributed by atoms with Crippen LogP contribution in [0.15, 0.2) is 79.1 Å². The molecule has 1 atom stereocenters. The zero-order chi connectivity index (χ0) is 16.4. The molecule has 3 nitrogen and oxygen atoms in total. The first-order chi connectivity index (χ1) is 10.6. The number of esters is 1. The Morgan fingerprint density at radius 1 is 1.36 bits per heavy atom. The molecule has 0 saturated carbocycles. The highest BCUT2D eigenvalue weighted by atomic mass is 16.5. The van der Waals surface area contributed by atoms with Gasteiger partial charge in [-0.1, -0.05) is 55.6 Å². The quantitative estimate of drug-likeness (QED) is 0.446. The van der Waals surface area contributed by atoms with Crippen LogP contribution in [0.5, 0.6) is 0 Å². The summed E-state index contributed by atoms with van der Waals surface area (Å²) in [6, 6.07) is 9.32. The van der Waals surface area contributed by atoms with Crippen LogP contribution in [0, 0.1) is 0 Å². The standard InChI is InChI=1S/C19H23NO2/c1-5-11-17(12-6-2)20-18(15(4)19(21)22-7-3)16-13-9-8-10-14-16/h5-6,8-14,18,20H,1,4,7H2,2-3H3/b12-6-,17-11+. The normalized spacial score (nSPS) is 12.7. The van der Waals surface area contributed by atoms with E-state index in [-0.39, 0.29) is 6.04 Å². The van der Waals surface area contributed by atoms with Gasteiger partial charge in [0, 0.05) is 5.70 Å². The van der Waals surface area contributed by atoms with Gasteiger partial charge in [-0.15, -0.1) is 0 Å². The second-order valence-electron chi connectivity index (χ2n) is 4.59. The van der Waals surface area contributed by atoms with Crippen LogP contribution in [0.4, 0.5) is 0 Å². The molecule has 0 radical (unpaired) electrons. The highest BCUT2D eigenvalue weighted by molar-refractivity contribution is 5.89. The molecule has 116 valence electrons. The van der Waals surface area contributed by atoms with Crippen molar-refractivity contribution in [2.24, 2.45) is 0 Å². The molecule has 3 heteroatoms. The van der Waals surface area contributed by atoms with E-state index < -0.39 is 5.97 Å². The molecule has 1 unspecified atom stereocenters. The highest BCUT2D eigenvalue weighted by Gasteiger charge is 2.21. The highest BCUT2D eigenvalue weighted by Crippen LogP contribution is 2.23. The minimum Gasteiger partial charge on any atom is -0.463 e. The van der Waals surface area contributed by atoms with Crippen molar-refractivity contribution in [2.45, 2.75) is 19.9 Å². The zero-order valence-electron chi connectivity index (χ0n) is 13.2. The third kappa shape index (κ3) is 5.09. The van der Waals surface area contributed by atoms with E-state index >= 15 is 0 Å². The number of hydrogen-bond donors (Lipinski definition) is 1. The summed E-state index contributed by atoms with van der Waals surface area (Å²) in [5, 5.41) is 3.31. The SMILES string of the molecule is C=C/C=C(\C=C/C)NC(C(=C)C(=O)OCC)c1ccccc1. The van der Waals surface area contributed by atoms with Crippen molar-refractivity contribution in [2.75, 3.05) is 6.61 Å². The van der Waals surface area contributed by atoms with E-state index in [0.29, 0.717) is 12.2 Å². The van der Waals surface area contributed by atoms with Gasteiger partial charge in [0.2, 0.25) is 0 Å². The fourth-order valence-corrected chi connectivity index (χ4v) is 1.98. The van der Waals surface area contributed by atoms with Crippen molar-refractivity contribution in [1.29, 1.82) is 0 Å². The lowest BCUT2D eigenvalue weighted by Crippen LogP contribution is -2.26. The van der Waals surface area contributed by atoms with E-state index in [0.717, 1.165) is 11.3 Å². The third-order valence-electron chi connectivity index (χ3n) is 2.97. The number of ether oxygens (including phenoxy) is 1. The first-order valence-corrected chi connectivity index (χ1v) is 7.26. The number of carbonyl (C=O) groups is 1. The van der Waals surface area contributed by atoms with E-state index in [2.05, 4.69) is 18.5 Å². The topological polar surface area (TPSA) is 38.3 Å². The lowest BCUT2D eigenvalue weighted by Gasteiger charge is -2.22. The molecule has 1 aromatic rings. The summed E-state index contributed by atoms with van der Waals surface area (Å²) in [7, 11) is 0. The molecule has 0 aliphatic rings. The molecule has 1 N–H and O–H groups in total. The fourth-order valence-electron chi connectivity index (χ4n) is 1.98. The number of hydrogen-bond acceptors (Lipinski definition) is 3. The van der Waals surface area contributed by atoms with E-state index in [4.69, 9.17) is 4.74 Å². The van der Waals surface area contributed by atoms with E-state index in [1.54, 1.807) is 13.0 Å². The summed E-state index contributed by atoms with van der Waals surface area (Å²) in [5.74, 6) is -0.401. The Hall–Kier alpha value is -2.55. The summed E-state index contributed by atoms with van der Waals surface area (Å²) in [6.07, 6.45) is 7.36. The predicted octanol–water partition coefficient (Wildman–Crippen LogP) is 4.08. The first kappa shape index (κ1) is 17.5. The predicted molar refractivity (Wildman–Crippen MR) is 91.2 cm³/mol. The minimum absolute atomic E-state index is 0.323. The second-order valence-corrected chi connectivity index (χ2v) is 4.59. The maximum atomic E-state index is 12.0. The van der Waals surface area contributed by atoms with E-state index in [9.17, 15) is 4.79 Å². The first-order valence-electron chi connectivity index (χ1n) is 7.26. The number of carbonyl (C=O) groups excluding carboxylic acids is 1. The average molecular weight is 297 g/mol. The molecule has 1 rings (SSSR count). The van der Waals surface area contributed by atoms with Crippen molar-refractivity contribution < 1.29 is 9.53 Å². The average Bonchev–Trinajstić information content (AvgIpc) is 2.53. The molecule has 22 heavy (non-hydrogen) atoms. The monoisotopic (exact) mass is 297 g/mol. The van der Waals surface area contributed by atoms with Crippen LogP contribution in [-0.2, 0) is 9.53 Å². The molecule has 0 aliphatic carbocycles. The number of allylic oxidation sites excluding steroid dienone is 4. The van der Waals surface area contributed by atoms with Gasteiger partial charge in [0.15, 0.2) is 0 Å². The van der Waals surface area contributed by atoms with Gasteiger partial charge in [-0.05, 0) is 31.6 Å². The second kappa shape index (κ2) is 9.40. The van der Waals surface area contributed by atoms with Crippen LogP contribution in [0.25, 0.3) is 0 Å². The summed E-state index contributed by atoms with van der Waals surface area (Å²) < 4.78 is 5.07. The maximum Gasteiger partial charge on any atom is 0.335 e. The van der Waals surface area contributed by atoms with Crippen molar-refractivity contribution in [3.8, 4) is 0 Å². The van der Waals surface area contributed by atoms with Crippen molar-refractivity contribution in [3.63, 3.8) is 0 Å². The lowest BCUT2D eigenvalue weighted by molar-refractivity contribution is -0.138. The summed E-state index contributed by atoms with van der Waals surface area (Å²) in [4.78, 5) is 12.0. The third-order valence-corrected chi connectivity index (χ3v) is 2.97. The van der Waals surface area contributed by atoms with Gasteiger partial charge < -0.3 is 10.1 Å². The zero-order valence-corrected chi connectivity index (χ0v) is 13.2. The van der Waals surface area contributed by atoms with Gasteiger partial charge in [-0.2, -0.15) is 0 Å². The number of benzene rings is 1. The Morgan fingerprint density at radius 2 is 2.05 bits per heavy atom. The van der Waals surface area contributed by atoms with Crippen LogP contribution in [0.3, 0.4) is 0 Å². The summed E-state index contributed by atoms with van der Waals surface area (Å²) >= 11 is 0. The molecule has 0 amide bonds. The Bertz CT molecular complexity index is 570. The molecular formula is C19H23NO2. The fraction of sp³-hybridized carbons (Fsp3) is 0.211. The molecule has 0 fully saturated rings. The Labute approximate surface area is 132 Å². The van der Waals surface area contributed by atoms with Gasteiger partial charge in [0.25, 0.3) is 0 Å². The van der Waals surface area contributed by atoms with Crippen molar-refractivity contribution >= 4 is 5.97 Å². The Balaban J connectivity index is 3.12. The number of nitrogens with one attached hydrogen (secondary N) is 1. The largest absolute Gasteiger partial charge is 0.463 e. The van der Waals surface area contributed by atoms with Gasteiger partial charge in [0.05, 0.1) is 18.2 Å². The molecule has 0 aromatic heterocycles.